The molecule has 0 fully saturated rings. The van der Waals surface area contributed by atoms with Crippen molar-refractivity contribution in [2.75, 3.05) is 56.4 Å². The van der Waals surface area contributed by atoms with Crippen molar-refractivity contribution in [1.82, 2.24) is 0 Å². The molecule has 2 aromatic carbocycles. The summed E-state index contributed by atoms with van der Waals surface area (Å²) in [6.45, 7) is 26.9. The van der Waals surface area contributed by atoms with Gasteiger partial charge in [0, 0.05) is 0 Å². The summed E-state index contributed by atoms with van der Waals surface area (Å²) in [5, 5.41) is 14.0. The first kappa shape index (κ1) is 58.3. The van der Waals surface area contributed by atoms with Gasteiger partial charge in [-0.1, -0.05) is 127 Å². The Morgan fingerprint density at radius 2 is 0.457 bits per heavy atom. The maximum absolute atomic E-state index is 4.78. The first-order valence-corrected chi connectivity index (χ1v) is 28.8. The summed E-state index contributed by atoms with van der Waals surface area (Å²) in [5.74, 6) is 0. The zero-order chi connectivity index (χ0) is 35.6. The van der Waals surface area contributed by atoms with Gasteiger partial charge in [-0.25, -0.2) is 0 Å². The van der Waals surface area contributed by atoms with E-state index in [0.29, 0.717) is 0 Å². The van der Waals surface area contributed by atoms with Crippen LogP contribution >= 0.6 is 0 Å². The second kappa shape index (κ2) is 32.3. The molecule has 0 bridgehead atoms. The van der Waals surface area contributed by atoms with Crippen molar-refractivity contribution in [3.05, 3.63) is 89.7 Å². The van der Waals surface area contributed by atoms with Gasteiger partial charge >= 0.3 is 52.4 Å². The van der Waals surface area contributed by atoms with Gasteiger partial charge in [-0.2, -0.15) is 56.4 Å². The predicted molar refractivity (Wildman–Crippen MR) is 219 cm³/mol. The molecule has 0 saturated heterocycles. The van der Waals surface area contributed by atoms with Gasteiger partial charge in [0.05, 0.1) is 0 Å². The van der Waals surface area contributed by atoms with E-state index < -0.39 is 32.9 Å². The van der Waals surface area contributed by atoms with Crippen LogP contribution < -0.4 is 0 Å². The Morgan fingerprint density at radius 3 is 0.565 bits per heavy atom. The minimum atomic E-state index is -1.38. The minimum Gasteiger partial charge on any atom is -0.687 e. The fourth-order valence-electron chi connectivity index (χ4n) is 2.81. The third kappa shape index (κ3) is 51.0. The monoisotopic (exact) mass is 856 g/mol. The number of hydrogen-bond acceptors (Lipinski definition) is 0. The van der Waals surface area contributed by atoms with E-state index in [2.05, 4.69) is 148 Å². The molecule has 0 aliphatic rings. The van der Waals surface area contributed by atoms with Crippen molar-refractivity contribution in [3.63, 3.8) is 0 Å². The molecular formula is C32H68N8Si4Zr2. The summed E-state index contributed by atoms with van der Waals surface area (Å²) in [4.78, 5) is 19.1. The van der Waals surface area contributed by atoms with E-state index in [4.69, 9.17) is 19.9 Å². The fourth-order valence-corrected chi connectivity index (χ4v) is 6.47. The van der Waals surface area contributed by atoms with Gasteiger partial charge in [0.15, 0.2) is 0 Å². The van der Waals surface area contributed by atoms with Crippen LogP contribution in [0.15, 0.2) is 48.5 Å². The Balaban J connectivity index is -0.000000125. The van der Waals surface area contributed by atoms with Crippen LogP contribution in [0.2, 0.25) is 78.6 Å². The number of benzene rings is 2. The molecule has 2 aromatic rings. The molecule has 0 aromatic heterocycles. The van der Waals surface area contributed by atoms with Gasteiger partial charge in [0.2, 0.25) is 0 Å². The number of hydrogen-bond donors (Lipinski definition) is 0. The smallest absolute Gasteiger partial charge is 0.687 e. The molecule has 260 valence electrons. The maximum Gasteiger partial charge on any atom is 4.00 e. The van der Waals surface area contributed by atoms with Crippen LogP contribution in [0.3, 0.4) is 0 Å². The molecule has 0 spiro atoms. The summed E-state index contributed by atoms with van der Waals surface area (Å²) < 4.78 is 0. The molecule has 0 saturated carbocycles. The molecule has 0 aliphatic heterocycles. The van der Waals surface area contributed by atoms with E-state index in [9.17, 15) is 0 Å². The van der Waals surface area contributed by atoms with Crippen molar-refractivity contribution in [3.8, 4) is 0 Å². The summed E-state index contributed by atoms with van der Waals surface area (Å²) in [6.07, 6.45) is 0. The van der Waals surface area contributed by atoms with Crippen molar-refractivity contribution >= 4 is 55.7 Å². The van der Waals surface area contributed by atoms with Crippen LogP contribution in [0.5, 0.6) is 0 Å². The molecule has 0 unspecified atom stereocenters. The van der Waals surface area contributed by atoms with Crippen LogP contribution in [-0.4, -0.2) is 89.3 Å². The van der Waals surface area contributed by atoms with Crippen LogP contribution in [-0.2, 0) is 52.4 Å². The molecule has 0 heterocycles. The Kier molecular flexibility index (Phi) is 41.0. The van der Waals surface area contributed by atoms with Crippen LogP contribution in [0.25, 0.3) is 41.2 Å². The molecule has 0 aliphatic carbocycles. The molecular weight excluding hydrogens is 791 g/mol. The van der Waals surface area contributed by atoms with Gasteiger partial charge < -0.3 is 41.2 Å². The van der Waals surface area contributed by atoms with Crippen molar-refractivity contribution in [2.45, 2.75) is 78.6 Å². The molecule has 46 heavy (non-hydrogen) atoms. The molecule has 0 amide bonds. The first-order valence-electron chi connectivity index (χ1n) is 15.0. The quantitative estimate of drug-likeness (QED) is 0.235. The second-order valence-electron chi connectivity index (χ2n) is 14.0. The third-order valence-corrected chi connectivity index (χ3v) is 7.23. The Bertz CT molecular complexity index is 790. The molecule has 8 nitrogen and oxygen atoms in total. The summed E-state index contributed by atoms with van der Waals surface area (Å²) in [6, 6.07) is 16.6. The van der Waals surface area contributed by atoms with Gasteiger partial charge in [-0.15, -0.1) is 22.7 Å². The molecule has 2 rings (SSSR count). The van der Waals surface area contributed by atoms with E-state index in [-0.39, 0.29) is 52.4 Å². The molecule has 0 radical (unpaired) electrons. The number of rotatable bonds is 8. The summed E-state index contributed by atoms with van der Waals surface area (Å²) in [5.41, 5.74) is 4.33. The predicted octanol–water partition coefficient (Wildman–Crippen LogP) is 13.2. The summed E-state index contributed by atoms with van der Waals surface area (Å²) >= 11 is 0. The standard InChI is InChI=1S/2C12H22N2Si2.4C2H6N.2Zr/c2*1-15(2,3)13-11-8-7-9-12(10-11)14-16(4,5)6;4*1-3-2;;/h2*7-10H,1-6H3;4*1-2H3;;/q2*-2;4*-1;2*+4. The van der Waals surface area contributed by atoms with Gasteiger partial charge in [-0.3, -0.25) is 0 Å². The van der Waals surface area contributed by atoms with E-state index in [1.165, 1.54) is 0 Å². The van der Waals surface area contributed by atoms with Crippen LogP contribution in [0.4, 0.5) is 22.7 Å². The SMILES string of the molecule is C[N-]C.C[N-]C.C[N-]C.C[N-]C.C[Si](C)(C)[N-]c1cccc([N-][Si](C)(C)C)c1.C[Si](C)(C)[N-]c1cccc([N-][Si](C)(C)C)c1.[Zr+4].[Zr+4]. The zero-order valence-corrected chi connectivity index (χ0v) is 42.1. The second-order valence-corrected chi connectivity index (χ2v) is 32.2. The molecule has 14 heteroatoms. The largest absolute Gasteiger partial charge is 4.00 e. The van der Waals surface area contributed by atoms with E-state index in [1.54, 1.807) is 56.4 Å². The average Bonchev–Trinajstić information content (AvgIpc) is 2.77. The Hall–Kier alpha value is 0.114. The van der Waals surface area contributed by atoms with Crippen molar-refractivity contribution in [1.29, 1.82) is 0 Å². The third-order valence-electron chi connectivity index (χ3n) is 3.52. The fraction of sp³-hybridized carbons (Fsp3) is 0.625. The van der Waals surface area contributed by atoms with Gasteiger partial charge in [-0.05, 0) is 32.9 Å². The number of nitrogens with zero attached hydrogens (tertiary/aromatic N) is 8. The van der Waals surface area contributed by atoms with Crippen LogP contribution in [0.1, 0.15) is 0 Å². The van der Waals surface area contributed by atoms with Crippen molar-refractivity contribution < 1.29 is 52.4 Å². The van der Waals surface area contributed by atoms with Gasteiger partial charge in [0.25, 0.3) is 0 Å². The van der Waals surface area contributed by atoms with Crippen molar-refractivity contribution in [2.24, 2.45) is 0 Å². The minimum absolute atomic E-state index is 0. The molecule has 0 atom stereocenters. The zero-order valence-electron chi connectivity index (χ0n) is 33.2. The normalized spacial score (nSPS) is 10.2. The van der Waals surface area contributed by atoms with Gasteiger partial charge in [0.1, 0.15) is 0 Å². The molecule has 0 N–H and O–H groups in total. The van der Waals surface area contributed by atoms with Crippen LogP contribution in [0, 0.1) is 0 Å². The van der Waals surface area contributed by atoms with E-state index >= 15 is 0 Å². The Morgan fingerprint density at radius 1 is 0.326 bits per heavy atom. The maximum atomic E-state index is 4.78. The topological polar surface area (TPSA) is 113 Å². The summed E-state index contributed by atoms with van der Waals surface area (Å²) in [7, 11) is 8.46. The van der Waals surface area contributed by atoms with E-state index in [1.807, 2.05) is 0 Å². The first-order chi connectivity index (χ1) is 20.0. The average molecular weight is 860 g/mol. The Labute approximate surface area is 330 Å². The van der Waals surface area contributed by atoms with E-state index in [0.717, 1.165) is 22.7 Å².